The van der Waals surface area contributed by atoms with Crippen LogP contribution in [0.15, 0.2) is 174 Å². The number of benzene rings is 8. The number of hydrogen-bond acceptors (Lipinski definition) is 4. The van der Waals surface area contributed by atoms with Gasteiger partial charge in [-0.15, -0.1) is 0 Å². The standard InChI is InChI=1S/C47H28N4O/c1-3-14-29(15-4-1)45-48-46(30-16-5-2-6-17-30)50-47(49-45)38-28-42-43(35-22-10-9-20-33(35)38)36-23-13-25-40(44(36)52-42)51-39-24-12-11-21-34(39)37-26-31-18-7-8-19-32(31)27-41(37)51/h1-28H. The maximum Gasteiger partial charge on any atom is 0.164 e. The molecule has 0 aliphatic heterocycles. The van der Waals surface area contributed by atoms with Crippen molar-refractivity contribution in [3.8, 4) is 39.9 Å². The number of rotatable bonds is 4. The molecule has 242 valence electrons. The molecule has 11 rings (SSSR count). The monoisotopic (exact) mass is 664 g/mol. The summed E-state index contributed by atoms with van der Waals surface area (Å²) in [6.45, 7) is 0. The van der Waals surface area contributed by atoms with Crippen molar-refractivity contribution < 1.29 is 4.42 Å². The summed E-state index contributed by atoms with van der Waals surface area (Å²) in [6, 6.07) is 59.1. The van der Waals surface area contributed by atoms with E-state index in [0.29, 0.717) is 17.5 Å². The Labute approximate surface area is 298 Å². The molecule has 0 aliphatic carbocycles. The van der Waals surface area contributed by atoms with E-state index in [-0.39, 0.29) is 0 Å². The molecule has 11 aromatic rings. The van der Waals surface area contributed by atoms with Crippen molar-refractivity contribution in [3.63, 3.8) is 0 Å². The molecule has 0 radical (unpaired) electrons. The Balaban J connectivity index is 1.20. The van der Waals surface area contributed by atoms with Crippen molar-refractivity contribution >= 4 is 65.3 Å². The van der Waals surface area contributed by atoms with Crippen LogP contribution in [0.1, 0.15) is 0 Å². The van der Waals surface area contributed by atoms with E-state index in [9.17, 15) is 0 Å². The minimum atomic E-state index is 0.598. The molecule has 0 amide bonds. The van der Waals surface area contributed by atoms with E-state index in [1.54, 1.807) is 0 Å². The summed E-state index contributed by atoms with van der Waals surface area (Å²) in [4.78, 5) is 15.1. The van der Waals surface area contributed by atoms with E-state index in [1.807, 2.05) is 60.7 Å². The average Bonchev–Trinajstić information content (AvgIpc) is 3.76. The second kappa shape index (κ2) is 11.2. The molecule has 3 aromatic heterocycles. The van der Waals surface area contributed by atoms with Crippen molar-refractivity contribution in [2.45, 2.75) is 0 Å². The van der Waals surface area contributed by atoms with Gasteiger partial charge in [0.05, 0.1) is 16.7 Å². The summed E-state index contributed by atoms with van der Waals surface area (Å²) in [5, 5.41) is 9.13. The third kappa shape index (κ3) is 4.33. The summed E-state index contributed by atoms with van der Waals surface area (Å²) in [5.41, 5.74) is 7.65. The number of nitrogens with zero attached hydrogens (tertiary/aromatic N) is 4. The summed E-state index contributed by atoms with van der Waals surface area (Å²) in [7, 11) is 0. The Morgan fingerprint density at radius 3 is 1.71 bits per heavy atom. The topological polar surface area (TPSA) is 56.7 Å². The molecular weight excluding hydrogens is 637 g/mol. The number of furan rings is 1. The number of aromatic nitrogens is 4. The van der Waals surface area contributed by atoms with Gasteiger partial charge in [0.1, 0.15) is 5.58 Å². The van der Waals surface area contributed by atoms with Gasteiger partial charge in [-0.05, 0) is 51.9 Å². The van der Waals surface area contributed by atoms with Crippen LogP contribution in [0.25, 0.3) is 105 Å². The molecule has 0 bridgehead atoms. The fourth-order valence-electron chi connectivity index (χ4n) is 7.85. The summed E-state index contributed by atoms with van der Waals surface area (Å²) in [5.74, 6) is 1.85. The van der Waals surface area contributed by atoms with E-state index in [1.165, 1.54) is 21.5 Å². The molecule has 8 aromatic carbocycles. The molecule has 0 N–H and O–H groups in total. The van der Waals surface area contributed by atoms with Gasteiger partial charge in [0.15, 0.2) is 23.1 Å². The number of fused-ring (bicyclic) bond motifs is 9. The summed E-state index contributed by atoms with van der Waals surface area (Å²) in [6.07, 6.45) is 0. The second-order valence-electron chi connectivity index (χ2n) is 13.2. The molecule has 52 heavy (non-hydrogen) atoms. The third-order valence-electron chi connectivity index (χ3n) is 10.2. The zero-order valence-electron chi connectivity index (χ0n) is 27.9. The maximum absolute atomic E-state index is 7.00. The maximum atomic E-state index is 7.00. The van der Waals surface area contributed by atoms with E-state index in [2.05, 4.69) is 114 Å². The molecule has 0 spiro atoms. The molecule has 0 unspecified atom stereocenters. The minimum absolute atomic E-state index is 0.598. The van der Waals surface area contributed by atoms with Crippen LogP contribution in [0, 0.1) is 0 Å². The van der Waals surface area contributed by atoms with Crippen molar-refractivity contribution in [2.75, 3.05) is 0 Å². The first kappa shape index (κ1) is 28.7. The smallest absolute Gasteiger partial charge is 0.164 e. The first-order valence-electron chi connectivity index (χ1n) is 17.5. The Kier molecular flexibility index (Phi) is 6.18. The lowest BCUT2D eigenvalue weighted by molar-refractivity contribution is 0.666. The molecular formula is C47H28N4O. The predicted octanol–water partition coefficient (Wildman–Crippen LogP) is 12.2. The van der Waals surface area contributed by atoms with Crippen LogP contribution in [-0.2, 0) is 0 Å². The quantitative estimate of drug-likeness (QED) is 0.188. The van der Waals surface area contributed by atoms with Crippen LogP contribution < -0.4 is 0 Å². The largest absolute Gasteiger partial charge is 0.454 e. The minimum Gasteiger partial charge on any atom is -0.454 e. The van der Waals surface area contributed by atoms with Crippen molar-refractivity contribution in [1.29, 1.82) is 0 Å². The van der Waals surface area contributed by atoms with Gasteiger partial charge in [0.2, 0.25) is 0 Å². The van der Waals surface area contributed by atoms with Crippen LogP contribution in [0.5, 0.6) is 0 Å². The van der Waals surface area contributed by atoms with Crippen LogP contribution in [0.3, 0.4) is 0 Å². The van der Waals surface area contributed by atoms with E-state index in [0.717, 1.165) is 66.1 Å². The highest BCUT2D eigenvalue weighted by Gasteiger charge is 2.22. The predicted molar refractivity (Wildman–Crippen MR) is 213 cm³/mol. The van der Waals surface area contributed by atoms with Crippen LogP contribution in [-0.4, -0.2) is 19.5 Å². The highest BCUT2D eigenvalue weighted by atomic mass is 16.3. The normalized spacial score (nSPS) is 11.8. The molecule has 5 heteroatoms. The van der Waals surface area contributed by atoms with Crippen LogP contribution in [0.4, 0.5) is 0 Å². The van der Waals surface area contributed by atoms with Gasteiger partial charge in [-0.3, -0.25) is 0 Å². The molecule has 5 nitrogen and oxygen atoms in total. The summed E-state index contributed by atoms with van der Waals surface area (Å²) >= 11 is 0. The average molecular weight is 665 g/mol. The lowest BCUT2D eigenvalue weighted by atomic mass is 9.98. The van der Waals surface area contributed by atoms with E-state index in [4.69, 9.17) is 19.4 Å². The lowest BCUT2D eigenvalue weighted by Gasteiger charge is -2.11. The SMILES string of the molecule is c1ccc(-c2nc(-c3ccccc3)nc(-c3cc4oc5c(-n6c7ccccc7c7cc8ccccc8cc76)cccc5c4c4ccccc34)n2)cc1. The van der Waals surface area contributed by atoms with Gasteiger partial charge in [-0.1, -0.05) is 140 Å². The Morgan fingerprint density at radius 1 is 0.404 bits per heavy atom. The Hall–Kier alpha value is -7.11. The fourth-order valence-corrected chi connectivity index (χ4v) is 7.85. The van der Waals surface area contributed by atoms with Gasteiger partial charge in [-0.25, -0.2) is 15.0 Å². The van der Waals surface area contributed by atoms with Gasteiger partial charge < -0.3 is 8.98 Å². The van der Waals surface area contributed by atoms with Crippen molar-refractivity contribution in [1.82, 2.24) is 19.5 Å². The number of para-hydroxylation sites is 2. The lowest BCUT2D eigenvalue weighted by Crippen LogP contribution is -2.00. The third-order valence-corrected chi connectivity index (χ3v) is 10.2. The first-order chi connectivity index (χ1) is 25.8. The van der Waals surface area contributed by atoms with Crippen molar-refractivity contribution in [2.24, 2.45) is 0 Å². The molecule has 0 saturated carbocycles. The molecule has 0 aliphatic rings. The highest BCUT2D eigenvalue weighted by molar-refractivity contribution is 6.23. The highest BCUT2D eigenvalue weighted by Crippen LogP contribution is 2.43. The molecule has 3 heterocycles. The van der Waals surface area contributed by atoms with Crippen LogP contribution in [0.2, 0.25) is 0 Å². The van der Waals surface area contributed by atoms with Crippen LogP contribution >= 0.6 is 0 Å². The Bertz CT molecular complexity index is 3120. The zero-order valence-corrected chi connectivity index (χ0v) is 27.9. The number of hydrogen-bond donors (Lipinski definition) is 0. The van der Waals surface area contributed by atoms with Gasteiger partial charge in [0, 0.05) is 38.2 Å². The van der Waals surface area contributed by atoms with Gasteiger partial charge in [0.25, 0.3) is 0 Å². The molecule has 0 atom stereocenters. The first-order valence-corrected chi connectivity index (χ1v) is 17.5. The van der Waals surface area contributed by atoms with E-state index >= 15 is 0 Å². The van der Waals surface area contributed by atoms with E-state index < -0.39 is 0 Å². The second-order valence-corrected chi connectivity index (χ2v) is 13.2. The molecule has 0 fully saturated rings. The van der Waals surface area contributed by atoms with Gasteiger partial charge in [-0.2, -0.15) is 0 Å². The molecule has 0 saturated heterocycles. The van der Waals surface area contributed by atoms with Gasteiger partial charge >= 0.3 is 0 Å². The van der Waals surface area contributed by atoms with Crippen molar-refractivity contribution in [3.05, 3.63) is 170 Å². The fraction of sp³-hybridized carbons (Fsp3) is 0. The Morgan fingerprint density at radius 2 is 0.981 bits per heavy atom. The summed E-state index contributed by atoms with van der Waals surface area (Å²) < 4.78 is 9.36. The zero-order chi connectivity index (χ0) is 34.2.